The van der Waals surface area contributed by atoms with Crippen molar-refractivity contribution in [2.45, 2.75) is 17.8 Å². The predicted molar refractivity (Wildman–Crippen MR) is 101 cm³/mol. The summed E-state index contributed by atoms with van der Waals surface area (Å²) in [4.78, 5) is 28.8. The first-order chi connectivity index (χ1) is 12.6. The monoisotopic (exact) mass is 364 g/mol. The van der Waals surface area contributed by atoms with Gasteiger partial charge in [-0.1, -0.05) is 23.9 Å². The van der Waals surface area contributed by atoms with Crippen LogP contribution in [0.3, 0.4) is 0 Å². The lowest BCUT2D eigenvalue weighted by molar-refractivity contribution is 0.0601. The Hall–Kier alpha value is -2.93. The number of aryl methyl sites for hydroxylation is 1. The number of H-pyrrole nitrogens is 1. The number of methoxy groups -OCH3 is 1. The molecule has 0 aliphatic carbocycles. The molecule has 4 aromatic rings. The number of fused-ring (bicyclic) bond motifs is 2. The van der Waals surface area contributed by atoms with Crippen molar-refractivity contribution in [2.75, 3.05) is 7.11 Å². The number of carbonyl (C=O) groups excluding carboxylic acids is 1. The van der Waals surface area contributed by atoms with E-state index in [9.17, 15) is 4.79 Å². The van der Waals surface area contributed by atoms with E-state index in [1.807, 2.05) is 37.3 Å². The van der Waals surface area contributed by atoms with Gasteiger partial charge in [0.25, 0.3) is 0 Å². The number of thioether (sulfide) groups is 1. The van der Waals surface area contributed by atoms with E-state index < -0.39 is 0 Å². The molecule has 0 aliphatic rings. The van der Waals surface area contributed by atoms with Gasteiger partial charge in [0.2, 0.25) is 0 Å². The molecule has 0 fully saturated rings. The summed E-state index contributed by atoms with van der Waals surface area (Å²) in [7, 11) is 1.37. The van der Waals surface area contributed by atoms with Gasteiger partial charge < -0.3 is 9.72 Å². The minimum Gasteiger partial charge on any atom is -0.465 e. The number of benzene rings is 2. The van der Waals surface area contributed by atoms with E-state index in [0.717, 1.165) is 38.6 Å². The third-order valence-corrected chi connectivity index (χ3v) is 4.95. The second-order valence-electron chi connectivity index (χ2n) is 5.80. The maximum atomic E-state index is 11.6. The van der Waals surface area contributed by atoms with Gasteiger partial charge in [0.1, 0.15) is 0 Å². The first kappa shape index (κ1) is 16.5. The normalized spacial score (nSPS) is 11.2. The molecule has 7 heteroatoms. The zero-order chi connectivity index (χ0) is 18.1. The van der Waals surface area contributed by atoms with Crippen LogP contribution in [0.2, 0.25) is 0 Å². The van der Waals surface area contributed by atoms with Gasteiger partial charge in [0, 0.05) is 5.75 Å². The smallest absolute Gasteiger partial charge is 0.337 e. The Morgan fingerprint density at radius 2 is 1.85 bits per heavy atom. The molecule has 0 saturated carbocycles. The first-order valence-electron chi connectivity index (χ1n) is 8.07. The van der Waals surface area contributed by atoms with Crippen LogP contribution in [-0.2, 0) is 10.5 Å². The van der Waals surface area contributed by atoms with E-state index in [1.165, 1.54) is 7.11 Å². The van der Waals surface area contributed by atoms with E-state index in [0.29, 0.717) is 11.3 Å². The number of nitrogens with one attached hydrogen (secondary N) is 1. The highest BCUT2D eigenvalue weighted by Crippen LogP contribution is 2.25. The Bertz CT molecular complexity index is 1120. The second-order valence-corrected chi connectivity index (χ2v) is 6.76. The second kappa shape index (κ2) is 6.76. The van der Waals surface area contributed by atoms with Crippen LogP contribution in [0.25, 0.3) is 22.1 Å². The Kier molecular flexibility index (Phi) is 4.30. The molecule has 2 aromatic heterocycles. The van der Waals surface area contributed by atoms with Crippen molar-refractivity contribution in [3.63, 3.8) is 0 Å². The first-order valence-corrected chi connectivity index (χ1v) is 9.06. The number of aromatic nitrogens is 4. The average Bonchev–Trinajstić information content (AvgIpc) is 3.07. The van der Waals surface area contributed by atoms with Crippen molar-refractivity contribution in [1.29, 1.82) is 0 Å². The topological polar surface area (TPSA) is 80.8 Å². The standard InChI is InChI=1S/C19H16N4O2S/c1-11-17(21-14-6-4-3-5-13(14)20-11)10-26-19-22-15-8-7-12(18(24)25-2)9-16(15)23-19/h3-9H,10H2,1-2H3,(H,22,23). The van der Waals surface area contributed by atoms with Crippen LogP contribution in [0.5, 0.6) is 0 Å². The summed E-state index contributed by atoms with van der Waals surface area (Å²) in [5.41, 5.74) is 5.75. The average molecular weight is 364 g/mol. The summed E-state index contributed by atoms with van der Waals surface area (Å²) in [5, 5.41) is 0.774. The molecular weight excluding hydrogens is 348 g/mol. The number of hydrogen-bond acceptors (Lipinski definition) is 6. The zero-order valence-corrected chi connectivity index (χ0v) is 15.1. The van der Waals surface area contributed by atoms with Crippen LogP contribution in [0.15, 0.2) is 47.6 Å². The molecule has 0 amide bonds. The third-order valence-electron chi connectivity index (χ3n) is 4.07. The van der Waals surface area contributed by atoms with Gasteiger partial charge in [-0.05, 0) is 37.3 Å². The summed E-state index contributed by atoms with van der Waals surface area (Å²) in [5.74, 6) is 0.297. The number of imidazole rings is 1. The van der Waals surface area contributed by atoms with Crippen molar-refractivity contribution in [1.82, 2.24) is 19.9 Å². The van der Waals surface area contributed by atoms with Crippen molar-refractivity contribution in [2.24, 2.45) is 0 Å². The van der Waals surface area contributed by atoms with E-state index in [1.54, 1.807) is 23.9 Å². The van der Waals surface area contributed by atoms with Gasteiger partial charge >= 0.3 is 5.97 Å². The van der Waals surface area contributed by atoms with Crippen molar-refractivity contribution < 1.29 is 9.53 Å². The SMILES string of the molecule is COC(=O)c1ccc2nc(SCc3nc4ccccc4nc3C)[nH]c2c1. The number of para-hydroxylation sites is 2. The molecule has 0 spiro atoms. The fraction of sp³-hybridized carbons (Fsp3) is 0.158. The molecule has 2 aromatic carbocycles. The fourth-order valence-corrected chi connectivity index (χ4v) is 3.59. The van der Waals surface area contributed by atoms with Gasteiger partial charge in [0.15, 0.2) is 5.16 Å². The maximum Gasteiger partial charge on any atom is 0.337 e. The molecule has 1 N–H and O–H groups in total. The minimum atomic E-state index is -0.363. The van der Waals surface area contributed by atoms with E-state index >= 15 is 0 Å². The molecule has 0 bridgehead atoms. The van der Waals surface area contributed by atoms with Crippen LogP contribution in [0.1, 0.15) is 21.7 Å². The number of aromatic amines is 1. The highest BCUT2D eigenvalue weighted by Gasteiger charge is 2.11. The van der Waals surface area contributed by atoms with Crippen molar-refractivity contribution in [3.05, 3.63) is 59.4 Å². The van der Waals surface area contributed by atoms with E-state index in [4.69, 9.17) is 9.72 Å². The number of esters is 1. The molecule has 0 saturated heterocycles. The summed E-state index contributed by atoms with van der Waals surface area (Å²) in [6.45, 7) is 1.97. The lowest BCUT2D eigenvalue weighted by Crippen LogP contribution is -2.00. The van der Waals surface area contributed by atoms with Crippen molar-refractivity contribution >= 4 is 39.8 Å². The third kappa shape index (κ3) is 3.13. The van der Waals surface area contributed by atoms with Gasteiger partial charge in [0.05, 0.1) is 46.1 Å². The molecule has 0 atom stereocenters. The molecule has 130 valence electrons. The van der Waals surface area contributed by atoms with Gasteiger partial charge in [-0.3, -0.25) is 0 Å². The predicted octanol–water partition coefficient (Wildman–Crippen LogP) is 3.89. The van der Waals surface area contributed by atoms with Crippen LogP contribution >= 0.6 is 11.8 Å². The Morgan fingerprint density at radius 3 is 2.62 bits per heavy atom. The molecule has 26 heavy (non-hydrogen) atoms. The molecule has 0 radical (unpaired) electrons. The Morgan fingerprint density at radius 1 is 1.08 bits per heavy atom. The van der Waals surface area contributed by atoms with Crippen LogP contribution in [-0.4, -0.2) is 33.0 Å². The number of carbonyl (C=O) groups is 1. The summed E-state index contributed by atoms with van der Waals surface area (Å²) < 4.78 is 4.75. The van der Waals surface area contributed by atoms with Gasteiger partial charge in [-0.15, -0.1) is 0 Å². The summed E-state index contributed by atoms with van der Waals surface area (Å²) in [6.07, 6.45) is 0. The van der Waals surface area contributed by atoms with E-state index in [-0.39, 0.29) is 5.97 Å². The summed E-state index contributed by atoms with van der Waals surface area (Å²) >= 11 is 1.56. The number of rotatable bonds is 4. The number of hydrogen-bond donors (Lipinski definition) is 1. The lowest BCUT2D eigenvalue weighted by atomic mass is 10.2. The van der Waals surface area contributed by atoms with Crippen molar-refractivity contribution in [3.8, 4) is 0 Å². The molecule has 4 rings (SSSR count). The quantitative estimate of drug-likeness (QED) is 0.437. The van der Waals surface area contributed by atoms with Crippen LogP contribution in [0, 0.1) is 6.92 Å². The fourth-order valence-electron chi connectivity index (χ4n) is 2.70. The van der Waals surface area contributed by atoms with Gasteiger partial charge in [-0.25, -0.2) is 19.7 Å². The Labute approximate surface area is 154 Å². The molecular formula is C19H16N4O2S. The van der Waals surface area contributed by atoms with Crippen LogP contribution < -0.4 is 0 Å². The van der Waals surface area contributed by atoms with E-state index in [2.05, 4.69) is 15.0 Å². The number of ether oxygens (including phenoxy) is 1. The van der Waals surface area contributed by atoms with Crippen LogP contribution in [0.4, 0.5) is 0 Å². The molecule has 0 aliphatic heterocycles. The molecule has 0 unspecified atom stereocenters. The highest BCUT2D eigenvalue weighted by molar-refractivity contribution is 7.98. The Balaban J connectivity index is 1.58. The van der Waals surface area contributed by atoms with Gasteiger partial charge in [-0.2, -0.15) is 0 Å². The lowest BCUT2D eigenvalue weighted by Gasteiger charge is -2.05. The zero-order valence-electron chi connectivity index (χ0n) is 14.3. The number of nitrogens with zero attached hydrogens (tertiary/aromatic N) is 3. The minimum absolute atomic E-state index is 0.363. The highest BCUT2D eigenvalue weighted by atomic mass is 32.2. The molecule has 2 heterocycles. The largest absolute Gasteiger partial charge is 0.465 e. The molecule has 6 nitrogen and oxygen atoms in total. The summed E-state index contributed by atoms with van der Waals surface area (Å²) in [6, 6.07) is 13.1. The maximum absolute atomic E-state index is 11.6.